The summed E-state index contributed by atoms with van der Waals surface area (Å²) in [6.07, 6.45) is 3.88. The molecule has 1 aromatic rings. The predicted molar refractivity (Wildman–Crippen MR) is 97.8 cm³/mol. The highest BCUT2D eigenvalue weighted by atomic mass is 16.7. The van der Waals surface area contributed by atoms with Crippen LogP contribution in [-0.2, 0) is 24.8 Å². The van der Waals surface area contributed by atoms with Gasteiger partial charge in [0.05, 0.1) is 20.1 Å². The Kier molecular flexibility index (Phi) is 5.56. The van der Waals surface area contributed by atoms with Crippen molar-refractivity contribution < 1.29 is 28.9 Å². The second-order valence-electron chi connectivity index (χ2n) is 7.32. The van der Waals surface area contributed by atoms with Gasteiger partial charge in [-0.15, -0.1) is 0 Å². The number of rotatable bonds is 5. The van der Waals surface area contributed by atoms with Crippen LogP contribution in [0.2, 0.25) is 0 Å². The van der Waals surface area contributed by atoms with Crippen molar-refractivity contribution in [3.63, 3.8) is 0 Å². The average Bonchev–Trinajstić information content (AvgIpc) is 2.91. The number of hydrogen-bond acceptors (Lipinski definition) is 6. The number of benzene rings is 1. The summed E-state index contributed by atoms with van der Waals surface area (Å²) in [4.78, 5) is 24.1. The Hall–Kier alpha value is -2.34. The van der Waals surface area contributed by atoms with E-state index in [2.05, 4.69) is 0 Å². The van der Waals surface area contributed by atoms with Gasteiger partial charge in [0.1, 0.15) is 5.75 Å². The van der Waals surface area contributed by atoms with Crippen molar-refractivity contribution >= 4 is 11.9 Å². The Labute approximate surface area is 159 Å². The molecule has 1 aromatic carbocycles. The number of methoxy groups -OCH3 is 2. The molecule has 1 N–H and O–H groups in total. The molecule has 6 heteroatoms. The molecule has 0 aromatic heterocycles. The van der Waals surface area contributed by atoms with E-state index >= 15 is 0 Å². The molecule has 1 aliphatic carbocycles. The van der Waals surface area contributed by atoms with Crippen LogP contribution in [0.25, 0.3) is 0 Å². The number of esters is 2. The van der Waals surface area contributed by atoms with Gasteiger partial charge in [0.15, 0.2) is 0 Å². The van der Waals surface area contributed by atoms with Gasteiger partial charge >= 0.3 is 11.9 Å². The van der Waals surface area contributed by atoms with Gasteiger partial charge in [-0.1, -0.05) is 12.8 Å². The third-order valence-electron chi connectivity index (χ3n) is 5.70. The summed E-state index contributed by atoms with van der Waals surface area (Å²) in [5.74, 6) is -1.75. The first-order chi connectivity index (χ1) is 12.9. The first kappa shape index (κ1) is 19.4. The lowest BCUT2D eigenvalue weighted by molar-refractivity contribution is -0.186. The summed E-state index contributed by atoms with van der Waals surface area (Å²) in [6, 6.07) is 6.84. The van der Waals surface area contributed by atoms with Gasteiger partial charge in [0, 0.05) is 16.7 Å². The minimum Gasteiger partial charge on any atom is -0.497 e. The molecule has 1 heterocycles. The highest BCUT2D eigenvalue weighted by Crippen LogP contribution is 2.45. The molecule has 0 radical (unpaired) electrons. The molecule has 6 nitrogen and oxygen atoms in total. The van der Waals surface area contributed by atoms with Gasteiger partial charge in [-0.05, 0) is 56.4 Å². The molecule has 1 saturated carbocycles. The number of cyclic esters (lactones) is 1. The summed E-state index contributed by atoms with van der Waals surface area (Å²) in [7, 11) is 2.97. The minimum absolute atomic E-state index is 0.123. The summed E-state index contributed by atoms with van der Waals surface area (Å²) >= 11 is 0. The van der Waals surface area contributed by atoms with E-state index in [4.69, 9.17) is 14.2 Å². The maximum absolute atomic E-state index is 12.2. The summed E-state index contributed by atoms with van der Waals surface area (Å²) in [5, 5.41) is 11.2. The van der Waals surface area contributed by atoms with Crippen LogP contribution in [0.5, 0.6) is 5.75 Å². The zero-order valence-corrected chi connectivity index (χ0v) is 16.0. The van der Waals surface area contributed by atoms with Crippen LogP contribution in [0, 0.1) is 11.8 Å². The monoisotopic (exact) mass is 374 g/mol. The third kappa shape index (κ3) is 3.72. The molecule has 0 spiro atoms. The van der Waals surface area contributed by atoms with Crippen molar-refractivity contribution in [2.24, 2.45) is 11.8 Å². The second-order valence-corrected chi connectivity index (χ2v) is 7.32. The molecular weight excluding hydrogens is 348 g/mol. The van der Waals surface area contributed by atoms with Gasteiger partial charge in [0.25, 0.3) is 5.79 Å². The van der Waals surface area contributed by atoms with E-state index in [-0.39, 0.29) is 17.8 Å². The van der Waals surface area contributed by atoms with Gasteiger partial charge in [0.2, 0.25) is 0 Å². The van der Waals surface area contributed by atoms with E-state index in [0.717, 1.165) is 19.3 Å². The molecule has 0 saturated heterocycles. The maximum Gasteiger partial charge on any atom is 0.336 e. The SMILES string of the molecule is COC(=O)C1CCCC(CC2=C(C)C(=O)OC2(O)c2ccc(OC)cc2)C1. The zero-order chi connectivity index (χ0) is 19.6. The lowest BCUT2D eigenvalue weighted by Crippen LogP contribution is -2.31. The fourth-order valence-electron chi connectivity index (χ4n) is 4.14. The van der Waals surface area contributed by atoms with Crippen LogP contribution in [0.15, 0.2) is 35.4 Å². The van der Waals surface area contributed by atoms with Crippen molar-refractivity contribution in [2.75, 3.05) is 14.2 Å². The van der Waals surface area contributed by atoms with Gasteiger partial charge in [-0.2, -0.15) is 0 Å². The molecule has 27 heavy (non-hydrogen) atoms. The van der Waals surface area contributed by atoms with Gasteiger partial charge < -0.3 is 19.3 Å². The Morgan fingerprint density at radius 2 is 1.96 bits per heavy atom. The highest BCUT2D eigenvalue weighted by Gasteiger charge is 2.47. The molecule has 2 aliphatic rings. The lowest BCUT2D eigenvalue weighted by atomic mass is 9.76. The quantitative estimate of drug-likeness (QED) is 0.798. The third-order valence-corrected chi connectivity index (χ3v) is 5.70. The standard InChI is InChI=1S/C21H26O6/c1-13-18(12-14-5-4-6-15(11-14)20(23)26-3)21(24,27-19(13)22)16-7-9-17(25-2)10-8-16/h7-10,14-15,24H,4-6,11-12H2,1-3H3. The molecule has 3 rings (SSSR count). The van der Waals surface area contributed by atoms with Crippen LogP contribution >= 0.6 is 0 Å². The number of carbonyl (C=O) groups excluding carboxylic acids is 2. The normalized spacial score (nSPS) is 28.1. The maximum atomic E-state index is 12.2. The molecule has 1 fully saturated rings. The smallest absolute Gasteiger partial charge is 0.336 e. The first-order valence-corrected chi connectivity index (χ1v) is 9.27. The van der Waals surface area contributed by atoms with Crippen molar-refractivity contribution in [3.05, 3.63) is 41.0 Å². The number of aliphatic hydroxyl groups is 1. The molecule has 0 amide bonds. The lowest BCUT2D eigenvalue weighted by Gasteiger charge is -2.31. The number of hydrogen-bond donors (Lipinski definition) is 1. The van der Waals surface area contributed by atoms with Crippen LogP contribution in [-0.4, -0.2) is 31.3 Å². The van der Waals surface area contributed by atoms with Crippen LogP contribution in [0.4, 0.5) is 0 Å². The van der Waals surface area contributed by atoms with Crippen molar-refractivity contribution in [1.29, 1.82) is 0 Å². The second kappa shape index (κ2) is 7.72. The van der Waals surface area contributed by atoms with Crippen molar-refractivity contribution in [1.82, 2.24) is 0 Å². The molecule has 146 valence electrons. The molecule has 3 atom stereocenters. The van der Waals surface area contributed by atoms with E-state index in [1.807, 2.05) is 0 Å². The molecule has 0 bridgehead atoms. The zero-order valence-electron chi connectivity index (χ0n) is 16.0. The van der Waals surface area contributed by atoms with E-state index in [9.17, 15) is 14.7 Å². The summed E-state index contributed by atoms with van der Waals surface area (Å²) in [6.45, 7) is 1.68. The van der Waals surface area contributed by atoms with Crippen LogP contribution in [0.1, 0.15) is 44.6 Å². The molecule has 1 aliphatic heterocycles. The number of ether oxygens (including phenoxy) is 3. The summed E-state index contributed by atoms with van der Waals surface area (Å²) in [5.41, 5.74) is 1.51. The molecular formula is C21H26O6. The highest BCUT2D eigenvalue weighted by molar-refractivity contribution is 5.92. The Morgan fingerprint density at radius 3 is 2.59 bits per heavy atom. The van der Waals surface area contributed by atoms with Gasteiger partial charge in [-0.25, -0.2) is 4.79 Å². The fraction of sp³-hybridized carbons (Fsp3) is 0.524. The van der Waals surface area contributed by atoms with Crippen molar-refractivity contribution in [3.8, 4) is 5.75 Å². The first-order valence-electron chi connectivity index (χ1n) is 9.27. The molecule has 3 unspecified atom stereocenters. The largest absolute Gasteiger partial charge is 0.497 e. The summed E-state index contributed by atoms with van der Waals surface area (Å²) < 4.78 is 15.4. The predicted octanol–water partition coefficient (Wildman–Crippen LogP) is 3.08. The van der Waals surface area contributed by atoms with Crippen LogP contribution in [0.3, 0.4) is 0 Å². The average molecular weight is 374 g/mol. The van der Waals surface area contributed by atoms with E-state index in [1.165, 1.54) is 7.11 Å². The van der Waals surface area contributed by atoms with Gasteiger partial charge in [-0.3, -0.25) is 4.79 Å². The topological polar surface area (TPSA) is 82.1 Å². The van der Waals surface area contributed by atoms with E-state index in [1.54, 1.807) is 38.3 Å². The minimum atomic E-state index is -1.77. The fourth-order valence-corrected chi connectivity index (χ4v) is 4.14. The van der Waals surface area contributed by atoms with E-state index in [0.29, 0.717) is 35.3 Å². The number of carbonyl (C=O) groups is 2. The van der Waals surface area contributed by atoms with Crippen LogP contribution < -0.4 is 4.74 Å². The van der Waals surface area contributed by atoms with Crippen molar-refractivity contribution in [2.45, 2.75) is 44.8 Å². The Balaban J connectivity index is 1.84. The van der Waals surface area contributed by atoms with E-state index < -0.39 is 11.8 Å². The Morgan fingerprint density at radius 1 is 1.26 bits per heavy atom. The Bertz CT molecular complexity index is 750.